The quantitative estimate of drug-likeness (QED) is 0.481. The molecule has 0 radical (unpaired) electrons. The molecule has 0 spiro atoms. The van der Waals surface area contributed by atoms with E-state index in [9.17, 15) is 4.79 Å². The Bertz CT molecular complexity index is 145. The van der Waals surface area contributed by atoms with Gasteiger partial charge in [-0.1, -0.05) is 26.2 Å². The van der Waals surface area contributed by atoms with Gasteiger partial charge in [-0.3, -0.25) is 4.79 Å². The van der Waals surface area contributed by atoms with Crippen LogP contribution < -0.4 is 5.32 Å². The summed E-state index contributed by atoms with van der Waals surface area (Å²) >= 11 is 0. The zero-order valence-electron chi connectivity index (χ0n) is 9.79. The lowest BCUT2D eigenvalue weighted by molar-refractivity contribution is -0.134. The fourth-order valence-electron chi connectivity index (χ4n) is 0.963. The minimum atomic E-state index is -0.833. The number of hydrogen-bond donors (Lipinski definition) is 2. The van der Waals surface area contributed by atoms with Crippen LogP contribution in [0.2, 0.25) is 0 Å². The van der Waals surface area contributed by atoms with E-state index in [0.717, 1.165) is 26.3 Å². The first-order valence-electron chi connectivity index (χ1n) is 5.49. The second-order valence-electron chi connectivity index (χ2n) is 3.29. The molecule has 0 amide bonds. The van der Waals surface area contributed by atoms with Gasteiger partial charge in [0.15, 0.2) is 0 Å². The van der Waals surface area contributed by atoms with E-state index in [0.29, 0.717) is 6.42 Å². The van der Waals surface area contributed by atoms with E-state index in [1.54, 1.807) is 0 Å². The van der Waals surface area contributed by atoms with Crippen LogP contribution in [0.25, 0.3) is 0 Å². The molecule has 0 unspecified atom stereocenters. The Kier molecular flexibility index (Phi) is 17.2. The highest BCUT2D eigenvalue weighted by Crippen LogP contribution is 1.96. The topological polar surface area (TPSA) is 66.4 Å². The molecule has 2 N–H and O–H groups in total. The molecule has 0 atom stereocenters. The van der Waals surface area contributed by atoms with Crippen molar-refractivity contribution in [2.75, 3.05) is 13.1 Å². The lowest BCUT2D eigenvalue weighted by Crippen LogP contribution is -2.16. The number of rotatable bonds is 8. The number of carboxylic acid groups (broad SMARTS) is 1. The Hall–Kier alpha value is -0.900. The summed E-state index contributed by atoms with van der Waals surface area (Å²) in [6.07, 6.45) is 6.77. The molecule has 0 aliphatic carbocycles. The zero-order chi connectivity index (χ0) is 11.9. The molecule has 0 aromatic heterocycles. The van der Waals surface area contributed by atoms with Gasteiger partial charge in [0, 0.05) is 19.9 Å². The molecule has 4 heteroatoms. The van der Waals surface area contributed by atoms with Gasteiger partial charge in [0.25, 0.3) is 5.97 Å². The lowest BCUT2D eigenvalue weighted by atomic mass is 10.2. The second-order valence-corrected chi connectivity index (χ2v) is 3.29. The summed E-state index contributed by atoms with van der Waals surface area (Å²) in [5.41, 5.74) is 0. The molecule has 15 heavy (non-hydrogen) atoms. The van der Waals surface area contributed by atoms with Crippen LogP contribution in [0.5, 0.6) is 0 Å². The fourth-order valence-corrected chi connectivity index (χ4v) is 0.963. The van der Waals surface area contributed by atoms with Crippen LogP contribution in [0.3, 0.4) is 0 Å². The first kappa shape index (κ1) is 16.5. The first-order chi connectivity index (χ1) is 7.15. The lowest BCUT2D eigenvalue weighted by Gasteiger charge is -2.00. The maximum atomic E-state index is 9.90. The van der Waals surface area contributed by atoms with Crippen molar-refractivity contribution in [3.8, 4) is 0 Å². The number of aliphatic carboxylic acids is 1. The predicted molar refractivity (Wildman–Crippen MR) is 61.0 cm³/mol. The average molecular weight is 217 g/mol. The Morgan fingerprint density at radius 1 is 1.27 bits per heavy atom. The van der Waals surface area contributed by atoms with Gasteiger partial charge in [0.1, 0.15) is 6.29 Å². The highest BCUT2D eigenvalue weighted by Gasteiger charge is 1.87. The monoisotopic (exact) mass is 217 g/mol. The van der Waals surface area contributed by atoms with Gasteiger partial charge in [-0.05, 0) is 13.0 Å². The van der Waals surface area contributed by atoms with E-state index >= 15 is 0 Å². The summed E-state index contributed by atoms with van der Waals surface area (Å²) in [5, 5.41) is 10.6. The van der Waals surface area contributed by atoms with E-state index in [1.165, 1.54) is 25.7 Å². The largest absolute Gasteiger partial charge is 0.481 e. The van der Waals surface area contributed by atoms with Gasteiger partial charge in [-0.25, -0.2) is 0 Å². The minimum Gasteiger partial charge on any atom is -0.481 e. The molecule has 0 aromatic rings. The van der Waals surface area contributed by atoms with E-state index in [1.807, 2.05) is 0 Å². The summed E-state index contributed by atoms with van der Waals surface area (Å²) in [6.45, 7) is 5.20. The molecule has 4 nitrogen and oxygen atoms in total. The summed E-state index contributed by atoms with van der Waals surface area (Å²) < 4.78 is 0. The van der Waals surface area contributed by atoms with Crippen molar-refractivity contribution >= 4 is 12.3 Å². The molecule has 0 heterocycles. The van der Waals surface area contributed by atoms with Crippen LogP contribution in [0.1, 0.15) is 46.0 Å². The van der Waals surface area contributed by atoms with Crippen LogP contribution in [0.4, 0.5) is 0 Å². The third kappa shape index (κ3) is 32.0. The molecule has 0 aliphatic rings. The van der Waals surface area contributed by atoms with Crippen LogP contribution in [0.15, 0.2) is 0 Å². The van der Waals surface area contributed by atoms with Gasteiger partial charge in [0.05, 0.1) is 0 Å². The van der Waals surface area contributed by atoms with Crippen molar-refractivity contribution < 1.29 is 14.7 Å². The molecule has 0 fully saturated rings. The number of carbonyl (C=O) groups is 2. The van der Waals surface area contributed by atoms with Gasteiger partial charge in [0.2, 0.25) is 0 Å². The standard InChI is InChI=1S/C9H19NO.C2H4O2/c1-2-3-4-5-7-10-8-6-9-11;1-2(3)4/h9-10H,2-8H2,1H3;1H3,(H,3,4). The number of unbranched alkanes of at least 4 members (excludes halogenated alkanes) is 3. The Morgan fingerprint density at radius 3 is 2.33 bits per heavy atom. The van der Waals surface area contributed by atoms with E-state index in [2.05, 4.69) is 12.2 Å². The Morgan fingerprint density at radius 2 is 1.87 bits per heavy atom. The van der Waals surface area contributed by atoms with Crippen molar-refractivity contribution in [1.82, 2.24) is 5.32 Å². The highest BCUT2D eigenvalue weighted by atomic mass is 16.4. The molecular weight excluding hydrogens is 194 g/mol. The van der Waals surface area contributed by atoms with Crippen molar-refractivity contribution in [2.45, 2.75) is 46.0 Å². The van der Waals surface area contributed by atoms with E-state index in [4.69, 9.17) is 9.90 Å². The van der Waals surface area contributed by atoms with Crippen LogP contribution >= 0.6 is 0 Å². The van der Waals surface area contributed by atoms with Crippen LogP contribution in [-0.4, -0.2) is 30.5 Å². The maximum Gasteiger partial charge on any atom is 0.300 e. The predicted octanol–water partition coefficient (Wildman–Crippen LogP) is 1.84. The van der Waals surface area contributed by atoms with Gasteiger partial charge in [-0.15, -0.1) is 0 Å². The SMILES string of the molecule is CC(=O)O.CCCCCCNCCC=O. The molecule has 0 rings (SSSR count). The Labute approximate surface area is 92.1 Å². The molecule has 0 aromatic carbocycles. The smallest absolute Gasteiger partial charge is 0.300 e. The number of carbonyl (C=O) groups excluding carboxylic acids is 1. The minimum absolute atomic E-state index is 0.647. The number of carboxylic acids is 1. The third-order valence-corrected chi connectivity index (χ3v) is 1.65. The highest BCUT2D eigenvalue weighted by molar-refractivity contribution is 5.62. The van der Waals surface area contributed by atoms with E-state index < -0.39 is 5.97 Å². The maximum absolute atomic E-state index is 9.90. The summed E-state index contributed by atoms with van der Waals surface area (Å²) in [4.78, 5) is 18.9. The average Bonchev–Trinajstić information content (AvgIpc) is 2.16. The van der Waals surface area contributed by atoms with E-state index in [-0.39, 0.29) is 0 Å². The molecule has 90 valence electrons. The van der Waals surface area contributed by atoms with Crippen LogP contribution in [0, 0.1) is 0 Å². The van der Waals surface area contributed by atoms with Crippen molar-refractivity contribution in [1.29, 1.82) is 0 Å². The number of aldehydes is 1. The molecule has 0 saturated heterocycles. The molecular formula is C11H23NO3. The van der Waals surface area contributed by atoms with Gasteiger partial charge in [-0.2, -0.15) is 0 Å². The second kappa shape index (κ2) is 15.6. The molecule has 0 aliphatic heterocycles. The van der Waals surface area contributed by atoms with Gasteiger partial charge < -0.3 is 15.2 Å². The van der Waals surface area contributed by atoms with Gasteiger partial charge >= 0.3 is 0 Å². The van der Waals surface area contributed by atoms with Crippen LogP contribution in [-0.2, 0) is 9.59 Å². The normalized spacial score (nSPS) is 8.93. The zero-order valence-corrected chi connectivity index (χ0v) is 9.79. The number of hydrogen-bond acceptors (Lipinski definition) is 3. The first-order valence-corrected chi connectivity index (χ1v) is 5.49. The number of nitrogens with one attached hydrogen (secondary N) is 1. The summed E-state index contributed by atoms with van der Waals surface area (Å²) in [7, 11) is 0. The third-order valence-electron chi connectivity index (χ3n) is 1.65. The Balaban J connectivity index is 0. The summed E-state index contributed by atoms with van der Waals surface area (Å²) in [5.74, 6) is -0.833. The van der Waals surface area contributed by atoms with Crippen molar-refractivity contribution in [2.24, 2.45) is 0 Å². The molecule has 0 saturated carbocycles. The summed E-state index contributed by atoms with van der Waals surface area (Å²) in [6, 6.07) is 0. The van der Waals surface area contributed by atoms with Crippen molar-refractivity contribution in [3.63, 3.8) is 0 Å². The fraction of sp³-hybridized carbons (Fsp3) is 0.818. The van der Waals surface area contributed by atoms with Crippen molar-refractivity contribution in [3.05, 3.63) is 0 Å². The molecule has 0 bridgehead atoms.